The van der Waals surface area contributed by atoms with Crippen LogP contribution in [0.25, 0.3) is 11.1 Å². The van der Waals surface area contributed by atoms with E-state index in [1.165, 1.54) is 7.05 Å². The molecule has 0 saturated carbocycles. The lowest BCUT2D eigenvalue weighted by atomic mass is 10.0. The molecule has 0 saturated heterocycles. The molecule has 0 heterocycles. The molecule has 3 rings (SSSR count). The van der Waals surface area contributed by atoms with E-state index in [0.29, 0.717) is 16.9 Å². The van der Waals surface area contributed by atoms with E-state index in [9.17, 15) is 9.59 Å². The van der Waals surface area contributed by atoms with E-state index >= 15 is 0 Å². The lowest BCUT2D eigenvalue weighted by Crippen LogP contribution is -2.24. The van der Waals surface area contributed by atoms with Gasteiger partial charge in [0.15, 0.2) is 5.96 Å². The molecule has 170 valence electrons. The molecule has 9 heteroatoms. The summed E-state index contributed by atoms with van der Waals surface area (Å²) in [5.74, 6) is -0.691. The SMILES string of the molecule is CN.NC=NC(=O)c1cccc(OCc2cccc(-c3cccc(C(=O)N=C(N)N)c3)c2)c1. The van der Waals surface area contributed by atoms with Gasteiger partial charge in [0.1, 0.15) is 12.4 Å². The number of aliphatic imine (C=N–C) groups is 2. The molecule has 8 N–H and O–H groups in total. The van der Waals surface area contributed by atoms with Crippen LogP contribution in [-0.2, 0) is 6.61 Å². The first-order valence-electron chi connectivity index (χ1n) is 9.89. The van der Waals surface area contributed by atoms with E-state index < -0.39 is 11.8 Å². The van der Waals surface area contributed by atoms with Gasteiger partial charge in [-0.05, 0) is 60.1 Å². The molecule has 0 fully saturated rings. The smallest absolute Gasteiger partial charge is 0.280 e. The summed E-state index contributed by atoms with van der Waals surface area (Å²) in [6, 6.07) is 21.4. The van der Waals surface area contributed by atoms with Gasteiger partial charge in [-0.3, -0.25) is 9.59 Å². The van der Waals surface area contributed by atoms with Crippen molar-refractivity contribution >= 4 is 24.1 Å². The van der Waals surface area contributed by atoms with Gasteiger partial charge in [0.25, 0.3) is 11.8 Å². The molecule has 3 aromatic carbocycles. The molecule has 0 aromatic heterocycles. The predicted octanol–water partition coefficient (Wildman–Crippen LogP) is 2.05. The maximum Gasteiger partial charge on any atom is 0.280 e. The standard InChI is InChI=1S/C23H21N5O3.CH5N/c24-14-27-21(29)19-8-3-9-20(12-19)31-13-15-4-1-5-16(10-15)17-6-2-7-18(11-17)22(30)28-23(25)26;1-2/h1-12,14H,13H2,(H2,24,27,29)(H4,25,26,28,30);2H2,1H3. The number of nitrogens with two attached hydrogens (primary N) is 4. The molecule has 0 bridgehead atoms. The number of guanidine groups is 1. The fraction of sp³-hybridized carbons (Fsp3) is 0.0833. The highest BCUT2D eigenvalue weighted by atomic mass is 16.5. The third-order valence-electron chi connectivity index (χ3n) is 4.28. The first-order valence-corrected chi connectivity index (χ1v) is 9.89. The molecule has 9 nitrogen and oxygen atoms in total. The fourth-order valence-electron chi connectivity index (χ4n) is 2.88. The van der Waals surface area contributed by atoms with E-state index in [1.807, 2.05) is 30.3 Å². The Kier molecular flexibility index (Phi) is 9.29. The van der Waals surface area contributed by atoms with Gasteiger partial charge in [-0.2, -0.15) is 9.98 Å². The highest BCUT2D eigenvalue weighted by Gasteiger charge is 2.08. The molecule has 0 aliphatic carbocycles. The molecule has 0 aliphatic heterocycles. The number of amides is 2. The first-order chi connectivity index (χ1) is 16.0. The molecule has 2 amide bonds. The summed E-state index contributed by atoms with van der Waals surface area (Å²) in [6.45, 7) is 0.290. The maximum atomic E-state index is 12.1. The van der Waals surface area contributed by atoms with E-state index in [2.05, 4.69) is 15.7 Å². The van der Waals surface area contributed by atoms with Gasteiger partial charge in [0, 0.05) is 11.1 Å². The van der Waals surface area contributed by atoms with Crippen molar-refractivity contribution < 1.29 is 14.3 Å². The third kappa shape index (κ3) is 7.30. The van der Waals surface area contributed by atoms with Crippen LogP contribution in [0.3, 0.4) is 0 Å². The van der Waals surface area contributed by atoms with Crippen molar-refractivity contribution in [2.24, 2.45) is 32.9 Å². The molecular formula is C24H26N6O3. The third-order valence-corrected chi connectivity index (χ3v) is 4.28. The van der Waals surface area contributed by atoms with Crippen molar-refractivity contribution in [2.45, 2.75) is 6.61 Å². The Morgan fingerprint density at radius 3 is 2.12 bits per heavy atom. The van der Waals surface area contributed by atoms with E-state index in [0.717, 1.165) is 23.0 Å². The molecule has 0 spiro atoms. The van der Waals surface area contributed by atoms with E-state index in [-0.39, 0.29) is 12.6 Å². The molecular weight excluding hydrogens is 420 g/mol. The highest BCUT2D eigenvalue weighted by Crippen LogP contribution is 2.23. The Morgan fingerprint density at radius 1 is 0.848 bits per heavy atom. The zero-order chi connectivity index (χ0) is 24.2. The van der Waals surface area contributed by atoms with Crippen LogP contribution in [0.2, 0.25) is 0 Å². The molecule has 0 aliphatic rings. The summed E-state index contributed by atoms with van der Waals surface area (Å²) in [5.41, 5.74) is 23.7. The highest BCUT2D eigenvalue weighted by molar-refractivity contribution is 6.02. The van der Waals surface area contributed by atoms with Gasteiger partial charge in [-0.1, -0.05) is 36.4 Å². The number of ether oxygens (including phenoxy) is 1. The Bertz CT molecular complexity index is 1170. The zero-order valence-corrected chi connectivity index (χ0v) is 18.1. The number of nitrogens with zero attached hydrogens (tertiary/aromatic N) is 2. The van der Waals surface area contributed by atoms with Crippen LogP contribution in [0.5, 0.6) is 5.75 Å². The van der Waals surface area contributed by atoms with Crippen LogP contribution in [0.15, 0.2) is 82.8 Å². The van der Waals surface area contributed by atoms with Crippen LogP contribution in [-0.4, -0.2) is 31.2 Å². The van der Waals surface area contributed by atoms with E-state index in [4.69, 9.17) is 21.9 Å². The Labute approximate surface area is 191 Å². The van der Waals surface area contributed by atoms with Crippen molar-refractivity contribution in [3.05, 3.63) is 89.5 Å². The largest absolute Gasteiger partial charge is 0.489 e. The molecule has 0 radical (unpaired) electrons. The monoisotopic (exact) mass is 446 g/mol. The van der Waals surface area contributed by atoms with Gasteiger partial charge >= 0.3 is 0 Å². The zero-order valence-electron chi connectivity index (χ0n) is 18.1. The molecule has 0 unspecified atom stereocenters. The summed E-state index contributed by atoms with van der Waals surface area (Å²) in [7, 11) is 1.50. The summed E-state index contributed by atoms with van der Waals surface area (Å²) in [5, 5.41) is 0. The Morgan fingerprint density at radius 2 is 1.45 bits per heavy atom. The van der Waals surface area contributed by atoms with Crippen LogP contribution < -0.4 is 27.7 Å². The topological polar surface area (TPSA) is 172 Å². The van der Waals surface area contributed by atoms with Crippen LogP contribution in [0.4, 0.5) is 0 Å². The average molecular weight is 447 g/mol. The van der Waals surface area contributed by atoms with Crippen molar-refractivity contribution in [1.29, 1.82) is 0 Å². The van der Waals surface area contributed by atoms with Gasteiger partial charge < -0.3 is 27.7 Å². The molecule has 0 atom stereocenters. The van der Waals surface area contributed by atoms with Crippen LogP contribution in [0.1, 0.15) is 26.3 Å². The number of carbonyl (C=O) groups is 2. The van der Waals surface area contributed by atoms with Crippen molar-refractivity contribution in [3.8, 4) is 16.9 Å². The molecule has 3 aromatic rings. The first kappa shape index (κ1) is 24.8. The summed E-state index contributed by atoms with van der Waals surface area (Å²) < 4.78 is 5.82. The minimum atomic E-state index is -0.505. The van der Waals surface area contributed by atoms with Crippen molar-refractivity contribution in [2.75, 3.05) is 7.05 Å². The number of hydrogen-bond donors (Lipinski definition) is 4. The number of benzene rings is 3. The summed E-state index contributed by atoms with van der Waals surface area (Å²) in [6.07, 6.45) is 0.960. The Hall–Kier alpha value is -4.50. The van der Waals surface area contributed by atoms with Gasteiger partial charge in [0.05, 0.1) is 6.34 Å². The second kappa shape index (κ2) is 12.4. The second-order valence-corrected chi connectivity index (χ2v) is 6.52. The number of carbonyl (C=O) groups excluding carboxylic acids is 2. The fourth-order valence-corrected chi connectivity index (χ4v) is 2.88. The molecule has 33 heavy (non-hydrogen) atoms. The minimum Gasteiger partial charge on any atom is -0.489 e. The maximum absolute atomic E-state index is 12.1. The number of rotatable bonds is 6. The Balaban J connectivity index is 0.00000187. The van der Waals surface area contributed by atoms with Crippen molar-refractivity contribution in [1.82, 2.24) is 0 Å². The van der Waals surface area contributed by atoms with E-state index in [1.54, 1.807) is 42.5 Å². The lowest BCUT2D eigenvalue weighted by molar-refractivity contribution is 0.0994. The predicted molar refractivity (Wildman–Crippen MR) is 130 cm³/mol. The quantitative estimate of drug-likeness (QED) is 0.331. The van der Waals surface area contributed by atoms with Gasteiger partial charge in [-0.25, -0.2) is 0 Å². The van der Waals surface area contributed by atoms with Gasteiger partial charge in [0.2, 0.25) is 0 Å². The minimum absolute atomic E-state index is 0.282. The lowest BCUT2D eigenvalue weighted by Gasteiger charge is -2.09. The van der Waals surface area contributed by atoms with Crippen LogP contribution >= 0.6 is 0 Å². The van der Waals surface area contributed by atoms with Crippen LogP contribution in [0, 0.1) is 0 Å². The second-order valence-electron chi connectivity index (χ2n) is 6.52. The summed E-state index contributed by atoms with van der Waals surface area (Å²) in [4.78, 5) is 31.0. The normalized spacial score (nSPS) is 10.1. The number of hydrogen-bond acceptors (Lipinski definition) is 4. The van der Waals surface area contributed by atoms with Crippen molar-refractivity contribution in [3.63, 3.8) is 0 Å². The summed E-state index contributed by atoms with van der Waals surface area (Å²) >= 11 is 0. The average Bonchev–Trinajstić information content (AvgIpc) is 2.84. The van der Waals surface area contributed by atoms with Gasteiger partial charge in [-0.15, -0.1) is 0 Å².